The molecule has 0 aliphatic rings. The van der Waals surface area contributed by atoms with Gasteiger partial charge >= 0.3 is 0 Å². The van der Waals surface area contributed by atoms with Crippen LogP contribution in [-0.2, 0) is 10.0 Å². The summed E-state index contributed by atoms with van der Waals surface area (Å²) < 4.78 is 27.6. The molecule has 0 amide bonds. The first-order valence-electron chi connectivity index (χ1n) is 5.50. The third kappa shape index (κ3) is 3.06. The number of anilines is 2. The van der Waals surface area contributed by atoms with Crippen molar-refractivity contribution in [2.75, 3.05) is 10.1 Å². The number of hydrazine groups is 1. The molecule has 1 heterocycles. The van der Waals surface area contributed by atoms with E-state index in [1.807, 2.05) is 13.0 Å². The predicted octanol–water partition coefficient (Wildman–Crippen LogP) is 1.63. The highest BCUT2D eigenvalue weighted by Crippen LogP contribution is 2.27. The third-order valence-corrected chi connectivity index (χ3v) is 4.88. The van der Waals surface area contributed by atoms with Gasteiger partial charge in [0.1, 0.15) is 4.90 Å². The largest absolute Gasteiger partial charge is 0.292 e. The van der Waals surface area contributed by atoms with Crippen LogP contribution in [0.25, 0.3) is 0 Å². The van der Waals surface area contributed by atoms with Gasteiger partial charge in [0.05, 0.1) is 18.1 Å². The Balaban J connectivity index is 2.33. The van der Waals surface area contributed by atoms with Gasteiger partial charge in [-0.05, 0) is 34.5 Å². The van der Waals surface area contributed by atoms with Crippen LogP contribution in [0.4, 0.5) is 11.6 Å². The zero-order chi connectivity index (χ0) is 14.8. The summed E-state index contributed by atoms with van der Waals surface area (Å²) in [6.45, 7) is 1.87. The Bertz CT molecular complexity index is 718. The number of benzene rings is 1. The number of aromatic nitrogens is 2. The lowest BCUT2D eigenvalue weighted by molar-refractivity contribution is 0.600. The van der Waals surface area contributed by atoms with E-state index >= 15 is 0 Å². The zero-order valence-electron chi connectivity index (χ0n) is 10.5. The van der Waals surface area contributed by atoms with Crippen LogP contribution in [-0.4, -0.2) is 18.4 Å². The van der Waals surface area contributed by atoms with Gasteiger partial charge in [-0.3, -0.25) is 10.1 Å². The Morgan fingerprint density at radius 1 is 1.25 bits per heavy atom. The highest BCUT2D eigenvalue weighted by atomic mass is 79.9. The summed E-state index contributed by atoms with van der Waals surface area (Å²) in [6.07, 6.45) is 2.35. The normalized spacial score (nSPS) is 11.2. The Kier molecular flexibility index (Phi) is 4.21. The van der Waals surface area contributed by atoms with Crippen molar-refractivity contribution in [3.63, 3.8) is 0 Å². The lowest BCUT2D eigenvalue weighted by atomic mass is 10.2. The van der Waals surface area contributed by atoms with Gasteiger partial charge in [0.25, 0.3) is 10.0 Å². The van der Waals surface area contributed by atoms with Gasteiger partial charge in [0.15, 0.2) is 0 Å². The molecule has 1 aromatic carbocycles. The number of hydrogen-bond acceptors (Lipinski definition) is 6. The van der Waals surface area contributed by atoms with E-state index < -0.39 is 10.0 Å². The van der Waals surface area contributed by atoms with Crippen molar-refractivity contribution in [3.8, 4) is 0 Å². The maximum absolute atomic E-state index is 12.2. The van der Waals surface area contributed by atoms with Crippen LogP contribution < -0.4 is 16.0 Å². The van der Waals surface area contributed by atoms with Crippen molar-refractivity contribution >= 4 is 37.6 Å². The van der Waals surface area contributed by atoms with E-state index in [9.17, 15) is 8.42 Å². The molecule has 0 unspecified atom stereocenters. The van der Waals surface area contributed by atoms with Crippen LogP contribution in [0.2, 0.25) is 0 Å². The van der Waals surface area contributed by atoms with Crippen molar-refractivity contribution in [3.05, 3.63) is 40.6 Å². The monoisotopic (exact) mass is 357 g/mol. The van der Waals surface area contributed by atoms with Crippen LogP contribution in [0.5, 0.6) is 0 Å². The average Bonchev–Trinajstić information content (AvgIpc) is 2.44. The van der Waals surface area contributed by atoms with Gasteiger partial charge in [0, 0.05) is 4.47 Å². The van der Waals surface area contributed by atoms with E-state index in [4.69, 9.17) is 5.84 Å². The third-order valence-electron chi connectivity index (χ3n) is 2.50. The molecule has 20 heavy (non-hydrogen) atoms. The standard InChI is InChI=1S/C11H12BrN5O2S/c1-7-3-2-4-9(10(7)12)17-20(18,19)8-5-14-11(16-13)15-6-8/h2-6,17H,13H2,1H3,(H,14,15,16). The van der Waals surface area contributed by atoms with Crippen LogP contribution >= 0.6 is 15.9 Å². The van der Waals surface area contributed by atoms with Crippen molar-refractivity contribution in [1.82, 2.24) is 9.97 Å². The molecule has 2 rings (SSSR count). The molecule has 0 spiro atoms. The molecule has 4 N–H and O–H groups in total. The lowest BCUT2D eigenvalue weighted by Crippen LogP contribution is -2.16. The van der Waals surface area contributed by atoms with Gasteiger partial charge in [-0.2, -0.15) is 0 Å². The average molecular weight is 358 g/mol. The number of nitrogens with zero attached hydrogens (tertiary/aromatic N) is 2. The van der Waals surface area contributed by atoms with E-state index in [1.54, 1.807) is 12.1 Å². The van der Waals surface area contributed by atoms with E-state index in [0.717, 1.165) is 5.56 Å². The maximum atomic E-state index is 12.2. The van der Waals surface area contributed by atoms with Crippen molar-refractivity contribution in [2.24, 2.45) is 5.84 Å². The van der Waals surface area contributed by atoms with E-state index in [1.165, 1.54) is 12.4 Å². The first-order valence-corrected chi connectivity index (χ1v) is 7.78. The second-order valence-corrected chi connectivity index (χ2v) is 6.40. The summed E-state index contributed by atoms with van der Waals surface area (Å²) in [5.41, 5.74) is 3.60. The first kappa shape index (κ1) is 14.7. The van der Waals surface area contributed by atoms with Crippen LogP contribution in [0, 0.1) is 6.92 Å². The Hall–Kier alpha value is -1.71. The fourth-order valence-electron chi connectivity index (χ4n) is 1.46. The highest BCUT2D eigenvalue weighted by Gasteiger charge is 2.17. The predicted molar refractivity (Wildman–Crippen MR) is 79.5 cm³/mol. The van der Waals surface area contributed by atoms with Gasteiger partial charge < -0.3 is 0 Å². The van der Waals surface area contributed by atoms with Gasteiger partial charge in [0.2, 0.25) is 5.95 Å². The van der Waals surface area contributed by atoms with Crippen LogP contribution in [0.15, 0.2) is 40.0 Å². The number of rotatable bonds is 4. The molecule has 0 saturated heterocycles. The topological polar surface area (TPSA) is 110 Å². The number of nitrogens with two attached hydrogens (primary N) is 1. The van der Waals surface area contributed by atoms with E-state index in [-0.39, 0.29) is 10.8 Å². The van der Waals surface area contributed by atoms with Gasteiger partial charge in [-0.1, -0.05) is 12.1 Å². The van der Waals surface area contributed by atoms with E-state index in [0.29, 0.717) is 10.2 Å². The molecule has 7 nitrogen and oxygen atoms in total. The van der Waals surface area contributed by atoms with Crippen LogP contribution in [0.3, 0.4) is 0 Å². The van der Waals surface area contributed by atoms with Gasteiger partial charge in [-0.15, -0.1) is 0 Å². The maximum Gasteiger partial charge on any atom is 0.265 e. The number of sulfonamides is 1. The molecular formula is C11H12BrN5O2S. The molecule has 1 aromatic heterocycles. The summed E-state index contributed by atoms with van der Waals surface area (Å²) in [7, 11) is -3.75. The minimum Gasteiger partial charge on any atom is -0.292 e. The lowest BCUT2D eigenvalue weighted by Gasteiger charge is -2.10. The number of halogens is 1. The Morgan fingerprint density at radius 2 is 1.90 bits per heavy atom. The SMILES string of the molecule is Cc1cccc(NS(=O)(=O)c2cnc(NN)nc2)c1Br. The molecule has 9 heteroatoms. The molecule has 0 atom stereocenters. The molecular weight excluding hydrogens is 346 g/mol. The molecule has 2 aromatic rings. The quantitative estimate of drug-likeness (QED) is 0.566. The fourth-order valence-corrected chi connectivity index (χ4v) is 2.91. The second-order valence-electron chi connectivity index (χ2n) is 3.93. The zero-order valence-corrected chi connectivity index (χ0v) is 12.9. The second kappa shape index (κ2) is 5.73. The van der Waals surface area contributed by atoms with Crippen molar-refractivity contribution in [2.45, 2.75) is 11.8 Å². The summed E-state index contributed by atoms with van der Waals surface area (Å²) in [6, 6.07) is 5.29. The van der Waals surface area contributed by atoms with Crippen LogP contribution in [0.1, 0.15) is 5.56 Å². The highest BCUT2D eigenvalue weighted by molar-refractivity contribution is 9.10. The fraction of sp³-hybridized carbons (Fsp3) is 0.0909. The van der Waals surface area contributed by atoms with E-state index in [2.05, 4.69) is 36.0 Å². The molecule has 0 fully saturated rings. The van der Waals surface area contributed by atoms with Crippen molar-refractivity contribution < 1.29 is 8.42 Å². The number of nitrogen functional groups attached to an aromatic ring is 1. The summed E-state index contributed by atoms with van der Waals surface area (Å²) >= 11 is 3.34. The summed E-state index contributed by atoms with van der Waals surface area (Å²) in [5.74, 6) is 5.26. The number of aryl methyl sites for hydroxylation is 1. The Labute approximate surface area is 124 Å². The molecule has 0 radical (unpaired) electrons. The minimum absolute atomic E-state index is 0.0510. The smallest absolute Gasteiger partial charge is 0.265 e. The first-order chi connectivity index (χ1) is 9.44. The summed E-state index contributed by atoms with van der Waals surface area (Å²) in [4.78, 5) is 7.48. The number of hydrogen-bond donors (Lipinski definition) is 3. The number of nitrogens with one attached hydrogen (secondary N) is 2. The van der Waals surface area contributed by atoms with Gasteiger partial charge in [-0.25, -0.2) is 24.2 Å². The Morgan fingerprint density at radius 3 is 2.50 bits per heavy atom. The summed E-state index contributed by atoms with van der Waals surface area (Å²) in [5, 5.41) is 0. The molecule has 106 valence electrons. The molecule has 0 bridgehead atoms. The van der Waals surface area contributed by atoms with Crippen molar-refractivity contribution in [1.29, 1.82) is 0 Å². The minimum atomic E-state index is -3.75. The molecule has 0 saturated carbocycles. The molecule has 0 aliphatic carbocycles. The molecule has 0 aliphatic heterocycles.